The van der Waals surface area contributed by atoms with Gasteiger partial charge in [0, 0.05) is 6.07 Å². The van der Waals surface area contributed by atoms with Gasteiger partial charge < -0.3 is 0 Å². The number of benzene rings is 2. The number of nitrogens with zero attached hydrogens (tertiary/aromatic N) is 2. The van der Waals surface area contributed by atoms with Crippen LogP contribution in [0.2, 0.25) is 0 Å². The molecule has 106 valence electrons. The molecule has 0 fully saturated rings. The molecule has 0 saturated heterocycles. The van der Waals surface area contributed by atoms with Gasteiger partial charge in [0.05, 0.1) is 11.4 Å². The molecule has 4 nitrogen and oxygen atoms in total. The fourth-order valence-electron chi connectivity index (χ4n) is 2.40. The lowest BCUT2D eigenvalue weighted by molar-refractivity contribution is 0.990. The summed E-state index contributed by atoms with van der Waals surface area (Å²) in [5.74, 6) is 6.90. The van der Waals surface area contributed by atoms with Crippen LogP contribution < -0.4 is 10.9 Å². The zero-order valence-electron chi connectivity index (χ0n) is 12.2. The van der Waals surface area contributed by atoms with Crippen LogP contribution in [0.1, 0.15) is 11.1 Å². The number of hydrogen-bond acceptors (Lipinski definition) is 3. The SMILES string of the molecule is Cc1ccc(N(N)c2cc(-c3ccccc3)[nH]n2)c(C)c1. The molecular weight excluding hydrogens is 260 g/mol. The Bertz CT molecular complexity index is 746. The Hall–Kier alpha value is -2.59. The maximum absolute atomic E-state index is 6.21. The summed E-state index contributed by atoms with van der Waals surface area (Å²) in [5, 5.41) is 8.95. The number of rotatable bonds is 3. The topological polar surface area (TPSA) is 57.9 Å². The molecule has 0 amide bonds. The first-order chi connectivity index (χ1) is 10.1. The van der Waals surface area contributed by atoms with Gasteiger partial charge in [-0.2, -0.15) is 5.10 Å². The van der Waals surface area contributed by atoms with Crippen molar-refractivity contribution in [1.82, 2.24) is 10.2 Å². The Balaban J connectivity index is 1.92. The van der Waals surface area contributed by atoms with Crippen LogP contribution in [0.5, 0.6) is 0 Å². The molecule has 2 aromatic carbocycles. The van der Waals surface area contributed by atoms with Gasteiger partial charge in [0.2, 0.25) is 0 Å². The smallest absolute Gasteiger partial charge is 0.169 e. The molecule has 1 heterocycles. The average molecular weight is 278 g/mol. The van der Waals surface area contributed by atoms with E-state index >= 15 is 0 Å². The second-order valence-corrected chi connectivity index (χ2v) is 5.17. The van der Waals surface area contributed by atoms with Crippen molar-refractivity contribution in [1.29, 1.82) is 0 Å². The number of hydrogen-bond donors (Lipinski definition) is 2. The summed E-state index contributed by atoms with van der Waals surface area (Å²) in [6, 6.07) is 18.2. The lowest BCUT2D eigenvalue weighted by Gasteiger charge is -2.18. The van der Waals surface area contributed by atoms with E-state index in [1.807, 2.05) is 55.5 Å². The number of nitrogens with two attached hydrogens (primary N) is 1. The number of anilines is 2. The van der Waals surface area contributed by atoms with E-state index in [0.29, 0.717) is 5.82 Å². The third-order valence-electron chi connectivity index (χ3n) is 3.51. The molecule has 21 heavy (non-hydrogen) atoms. The number of nitrogens with one attached hydrogen (secondary N) is 1. The van der Waals surface area contributed by atoms with Gasteiger partial charge in [0.15, 0.2) is 5.82 Å². The van der Waals surface area contributed by atoms with Crippen molar-refractivity contribution in [3.63, 3.8) is 0 Å². The predicted octanol–water partition coefficient (Wildman–Crippen LogP) is 3.71. The van der Waals surface area contributed by atoms with Crippen molar-refractivity contribution in [2.24, 2.45) is 5.84 Å². The van der Waals surface area contributed by atoms with Crippen LogP contribution in [0.3, 0.4) is 0 Å². The van der Waals surface area contributed by atoms with Crippen molar-refractivity contribution in [3.8, 4) is 11.3 Å². The van der Waals surface area contributed by atoms with Crippen LogP contribution in [0.15, 0.2) is 54.6 Å². The molecule has 0 radical (unpaired) electrons. The van der Waals surface area contributed by atoms with Crippen LogP contribution >= 0.6 is 0 Å². The van der Waals surface area contributed by atoms with E-state index in [9.17, 15) is 0 Å². The van der Waals surface area contributed by atoms with E-state index < -0.39 is 0 Å². The van der Waals surface area contributed by atoms with E-state index in [0.717, 1.165) is 22.5 Å². The minimum absolute atomic E-state index is 0.695. The lowest BCUT2D eigenvalue weighted by Crippen LogP contribution is -2.26. The largest absolute Gasteiger partial charge is 0.276 e. The zero-order valence-corrected chi connectivity index (χ0v) is 12.2. The molecule has 1 aromatic heterocycles. The summed E-state index contributed by atoms with van der Waals surface area (Å²) in [5.41, 5.74) is 5.33. The van der Waals surface area contributed by atoms with E-state index in [-0.39, 0.29) is 0 Å². The first kappa shape index (κ1) is 13.4. The molecule has 0 saturated carbocycles. The Labute approximate surface area is 124 Å². The normalized spacial score (nSPS) is 10.6. The molecule has 0 unspecified atom stereocenters. The lowest BCUT2D eigenvalue weighted by atomic mass is 10.1. The molecule has 0 spiro atoms. The number of aryl methyl sites for hydroxylation is 2. The number of hydrazine groups is 1. The first-order valence-electron chi connectivity index (χ1n) is 6.88. The Kier molecular flexibility index (Phi) is 3.46. The fraction of sp³-hybridized carbons (Fsp3) is 0.118. The monoisotopic (exact) mass is 278 g/mol. The molecule has 0 aliphatic heterocycles. The number of aromatic amines is 1. The maximum Gasteiger partial charge on any atom is 0.169 e. The molecular formula is C17H18N4. The summed E-state index contributed by atoms with van der Waals surface area (Å²) in [7, 11) is 0. The minimum atomic E-state index is 0.695. The van der Waals surface area contributed by atoms with E-state index in [1.54, 1.807) is 5.01 Å². The zero-order chi connectivity index (χ0) is 14.8. The molecule has 3 rings (SSSR count). The summed E-state index contributed by atoms with van der Waals surface area (Å²) < 4.78 is 0. The third kappa shape index (κ3) is 2.66. The predicted molar refractivity (Wildman–Crippen MR) is 86.3 cm³/mol. The van der Waals surface area contributed by atoms with Crippen molar-refractivity contribution >= 4 is 11.5 Å². The van der Waals surface area contributed by atoms with Crippen molar-refractivity contribution in [2.75, 3.05) is 5.01 Å². The summed E-state index contributed by atoms with van der Waals surface area (Å²) >= 11 is 0. The number of H-pyrrole nitrogens is 1. The van der Waals surface area contributed by atoms with E-state index in [2.05, 4.69) is 23.2 Å². The summed E-state index contributed by atoms with van der Waals surface area (Å²) in [4.78, 5) is 0. The quantitative estimate of drug-likeness (QED) is 0.567. The van der Waals surface area contributed by atoms with E-state index in [1.165, 1.54) is 5.56 Å². The maximum atomic E-state index is 6.21. The summed E-state index contributed by atoms with van der Waals surface area (Å²) in [6.07, 6.45) is 0. The van der Waals surface area contributed by atoms with Gasteiger partial charge in [-0.15, -0.1) is 0 Å². The molecule has 0 aliphatic rings. The van der Waals surface area contributed by atoms with Gasteiger partial charge in [-0.05, 0) is 31.0 Å². The Morgan fingerprint density at radius 3 is 2.48 bits per heavy atom. The highest BCUT2D eigenvalue weighted by atomic mass is 15.5. The van der Waals surface area contributed by atoms with Gasteiger partial charge in [-0.25, -0.2) is 5.84 Å². The first-order valence-corrected chi connectivity index (χ1v) is 6.88. The van der Waals surface area contributed by atoms with Crippen molar-refractivity contribution in [3.05, 3.63) is 65.7 Å². The average Bonchev–Trinajstić information content (AvgIpc) is 2.97. The van der Waals surface area contributed by atoms with Gasteiger partial charge in [0.1, 0.15) is 0 Å². The molecule has 4 heteroatoms. The van der Waals surface area contributed by atoms with Gasteiger partial charge in [-0.1, -0.05) is 48.0 Å². The standard InChI is InChI=1S/C17H18N4/c1-12-8-9-16(13(2)10-12)21(18)17-11-15(19-20-17)14-6-4-3-5-7-14/h3-11H,18H2,1-2H3,(H,19,20). The molecule has 3 aromatic rings. The minimum Gasteiger partial charge on any atom is -0.276 e. The highest BCUT2D eigenvalue weighted by Gasteiger charge is 2.12. The highest BCUT2D eigenvalue weighted by molar-refractivity contribution is 5.68. The highest BCUT2D eigenvalue weighted by Crippen LogP contribution is 2.27. The summed E-state index contributed by atoms with van der Waals surface area (Å²) in [6.45, 7) is 4.12. The molecule has 0 atom stereocenters. The van der Waals surface area contributed by atoms with Crippen LogP contribution in [-0.2, 0) is 0 Å². The third-order valence-corrected chi connectivity index (χ3v) is 3.51. The second-order valence-electron chi connectivity index (χ2n) is 5.17. The van der Waals surface area contributed by atoms with Gasteiger partial charge in [0.25, 0.3) is 0 Å². The number of aromatic nitrogens is 2. The van der Waals surface area contributed by atoms with Crippen molar-refractivity contribution in [2.45, 2.75) is 13.8 Å². The molecule has 3 N–H and O–H groups in total. The second kappa shape index (κ2) is 5.42. The van der Waals surface area contributed by atoms with Gasteiger partial charge in [-0.3, -0.25) is 10.1 Å². The van der Waals surface area contributed by atoms with Crippen LogP contribution in [0, 0.1) is 13.8 Å². The molecule has 0 bridgehead atoms. The molecule has 0 aliphatic carbocycles. The van der Waals surface area contributed by atoms with E-state index in [4.69, 9.17) is 5.84 Å². The Morgan fingerprint density at radius 2 is 1.76 bits per heavy atom. The Morgan fingerprint density at radius 1 is 1.00 bits per heavy atom. The van der Waals surface area contributed by atoms with Gasteiger partial charge >= 0.3 is 0 Å². The van der Waals surface area contributed by atoms with Crippen LogP contribution in [0.25, 0.3) is 11.3 Å². The fourth-order valence-corrected chi connectivity index (χ4v) is 2.40. The van der Waals surface area contributed by atoms with Crippen LogP contribution in [0.4, 0.5) is 11.5 Å². The van der Waals surface area contributed by atoms with Crippen LogP contribution in [-0.4, -0.2) is 10.2 Å². The van der Waals surface area contributed by atoms with Crippen molar-refractivity contribution < 1.29 is 0 Å².